The van der Waals surface area contributed by atoms with Crippen LogP contribution in [-0.2, 0) is 15.0 Å². The van der Waals surface area contributed by atoms with E-state index in [1.807, 2.05) is 75.4 Å². The van der Waals surface area contributed by atoms with Gasteiger partial charge in [-0.25, -0.2) is 4.98 Å². The van der Waals surface area contributed by atoms with Crippen LogP contribution >= 0.6 is 0 Å². The number of amides is 1. The van der Waals surface area contributed by atoms with Crippen molar-refractivity contribution in [3.63, 3.8) is 0 Å². The van der Waals surface area contributed by atoms with E-state index in [9.17, 15) is 14.7 Å². The van der Waals surface area contributed by atoms with Crippen molar-refractivity contribution < 1.29 is 14.7 Å². The Kier molecular flexibility index (Phi) is 6.80. The smallest absolute Gasteiger partial charge is 0.295 e. The highest BCUT2D eigenvalue weighted by Crippen LogP contribution is 2.40. The molecule has 1 aliphatic rings. The Morgan fingerprint density at radius 1 is 1.08 bits per heavy atom. The number of hydrogen-bond donors (Lipinski definition) is 1. The molecule has 1 amide bonds. The maximum absolute atomic E-state index is 13.4. The highest BCUT2D eigenvalue weighted by atomic mass is 16.3. The third kappa shape index (κ3) is 4.55. The van der Waals surface area contributed by atoms with Gasteiger partial charge in [-0.05, 0) is 69.1 Å². The molecule has 3 aromatic rings. The number of benzene rings is 1. The topological polar surface area (TPSA) is 78.1 Å². The van der Waals surface area contributed by atoms with Gasteiger partial charge in [0.2, 0.25) is 0 Å². The summed E-state index contributed by atoms with van der Waals surface area (Å²) in [4.78, 5) is 35.0. The van der Waals surface area contributed by atoms with Gasteiger partial charge in [0.15, 0.2) is 5.76 Å². The van der Waals surface area contributed by atoms with Crippen LogP contribution in [0, 0.1) is 13.8 Å². The number of carbonyl (C=O) groups excluding carboxylic acids is 2. The Hall–Kier alpha value is -3.45. The Morgan fingerprint density at radius 2 is 1.75 bits per heavy atom. The molecule has 1 N–H and O–H groups in total. The molecule has 0 saturated carbocycles. The minimum absolute atomic E-state index is 0.0302. The molecule has 0 aliphatic carbocycles. The second-order valence-electron chi connectivity index (χ2n) is 11.0. The average Bonchev–Trinajstić information content (AvgIpc) is 3.27. The van der Waals surface area contributed by atoms with Gasteiger partial charge in [-0.1, -0.05) is 51.1 Å². The van der Waals surface area contributed by atoms with Crippen LogP contribution in [0.15, 0.2) is 48.2 Å². The number of likely N-dealkylation sites (tertiary alicyclic amines) is 1. The number of imidazole rings is 1. The first-order chi connectivity index (χ1) is 16.9. The molecule has 1 aromatic carbocycles. The summed E-state index contributed by atoms with van der Waals surface area (Å²) in [6.45, 7) is 11.4. The number of Topliss-reactive ketones (excluding diaryl/α,β-unsaturated/α-hetero) is 1. The molecule has 0 bridgehead atoms. The summed E-state index contributed by atoms with van der Waals surface area (Å²) in [6.07, 6.45) is 2.53. The summed E-state index contributed by atoms with van der Waals surface area (Å²) in [5, 5.41) is 11.6. The SMILES string of the molecule is Cc1nc2c(C)cccn2c1/C(O)=C1\C(=O)C(=O)N(CCCN(C)C)C1c1ccc(C(C)(C)C)cc1. The lowest BCUT2D eigenvalue weighted by atomic mass is 9.85. The second-order valence-corrected chi connectivity index (χ2v) is 11.0. The minimum atomic E-state index is -0.670. The van der Waals surface area contributed by atoms with E-state index in [2.05, 4.69) is 25.8 Å². The van der Waals surface area contributed by atoms with Gasteiger partial charge in [0.05, 0.1) is 17.3 Å². The van der Waals surface area contributed by atoms with Gasteiger partial charge in [0.25, 0.3) is 11.7 Å². The van der Waals surface area contributed by atoms with E-state index in [0.29, 0.717) is 30.0 Å². The number of aliphatic hydroxyl groups excluding tert-OH is 1. The van der Waals surface area contributed by atoms with Gasteiger partial charge >= 0.3 is 0 Å². The molecule has 1 unspecified atom stereocenters. The van der Waals surface area contributed by atoms with E-state index in [1.165, 1.54) is 0 Å². The Bertz CT molecular complexity index is 1340. The maximum atomic E-state index is 13.4. The normalized spacial score (nSPS) is 18.1. The summed E-state index contributed by atoms with van der Waals surface area (Å²) in [6, 6.07) is 11.2. The van der Waals surface area contributed by atoms with E-state index in [-0.39, 0.29) is 16.7 Å². The Morgan fingerprint density at radius 3 is 2.36 bits per heavy atom. The zero-order valence-corrected chi connectivity index (χ0v) is 22.3. The molecule has 1 aliphatic heterocycles. The number of rotatable bonds is 6. The fourth-order valence-corrected chi connectivity index (χ4v) is 4.91. The largest absolute Gasteiger partial charge is 0.505 e. The molecule has 1 fully saturated rings. The lowest BCUT2D eigenvalue weighted by molar-refractivity contribution is -0.139. The molecule has 0 spiro atoms. The number of ketones is 1. The number of carbonyl (C=O) groups is 2. The number of aryl methyl sites for hydroxylation is 2. The number of hydrogen-bond acceptors (Lipinski definition) is 5. The van der Waals surface area contributed by atoms with Crippen molar-refractivity contribution in [1.29, 1.82) is 0 Å². The van der Waals surface area contributed by atoms with E-state index >= 15 is 0 Å². The summed E-state index contributed by atoms with van der Waals surface area (Å²) < 4.78 is 1.79. The lowest BCUT2D eigenvalue weighted by Crippen LogP contribution is -2.32. The van der Waals surface area contributed by atoms with Crippen molar-refractivity contribution in [2.75, 3.05) is 27.2 Å². The van der Waals surface area contributed by atoms with E-state index in [0.717, 1.165) is 23.2 Å². The van der Waals surface area contributed by atoms with Gasteiger partial charge in [-0.15, -0.1) is 0 Å². The predicted octanol–water partition coefficient (Wildman–Crippen LogP) is 4.62. The molecule has 1 atom stereocenters. The number of fused-ring (bicyclic) bond motifs is 1. The minimum Gasteiger partial charge on any atom is -0.505 e. The first-order valence-corrected chi connectivity index (χ1v) is 12.4. The second kappa shape index (κ2) is 9.54. The van der Waals surface area contributed by atoms with Gasteiger partial charge in [0, 0.05) is 12.7 Å². The number of aromatic nitrogens is 2. The molecular formula is C29H36N4O3. The van der Waals surface area contributed by atoms with Crippen LogP contribution in [0.2, 0.25) is 0 Å². The van der Waals surface area contributed by atoms with Crippen molar-refractivity contribution in [3.05, 3.63) is 76.2 Å². The van der Waals surface area contributed by atoms with Crippen molar-refractivity contribution in [2.24, 2.45) is 0 Å². The lowest BCUT2D eigenvalue weighted by Gasteiger charge is -2.27. The highest BCUT2D eigenvalue weighted by Gasteiger charge is 2.46. The van der Waals surface area contributed by atoms with Gasteiger partial charge in [-0.3, -0.25) is 14.0 Å². The van der Waals surface area contributed by atoms with Crippen molar-refractivity contribution >= 4 is 23.1 Å². The molecule has 7 heteroatoms. The molecule has 36 heavy (non-hydrogen) atoms. The van der Waals surface area contributed by atoms with Crippen molar-refractivity contribution in [2.45, 2.75) is 52.5 Å². The number of pyridine rings is 1. The molecule has 0 radical (unpaired) electrons. The number of aliphatic hydroxyl groups is 1. The van der Waals surface area contributed by atoms with Crippen molar-refractivity contribution in [3.8, 4) is 0 Å². The quantitative estimate of drug-likeness (QED) is 0.311. The zero-order chi connectivity index (χ0) is 26.4. The summed E-state index contributed by atoms with van der Waals surface area (Å²) in [5.74, 6) is -1.43. The fraction of sp³-hybridized carbons (Fsp3) is 0.414. The molecular weight excluding hydrogens is 452 g/mol. The first kappa shape index (κ1) is 25.6. The fourth-order valence-electron chi connectivity index (χ4n) is 4.91. The standard InChI is InChI=1S/C29H36N4O3/c1-18-10-8-16-32-23(19(2)30-27(18)32)25(34)22-24(20-11-13-21(14-12-20)29(3,4)5)33(28(36)26(22)35)17-9-15-31(6)7/h8,10-14,16,24,34H,9,15,17H2,1-7H3/b25-22+. The zero-order valence-electron chi connectivity index (χ0n) is 22.3. The van der Waals surface area contributed by atoms with Gasteiger partial charge in [-0.2, -0.15) is 0 Å². The van der Waals surface area contributed by atoms with E-state index in [1.54, 1.807) is 9.30 Å². The summed E-state index contributed by atoms with van der Waals surface area (Å²) in [7, 11) is 3.96. The average molecular weight is 489 g/mol. The molecule has 4 rings (SSSR count). The summed E-state index contributed by atoms with van der Waals surface area (Å²) >= 11 is 0. The number of nitrogens with zero attached hydrogens (tertiary/aromatic N) is 4. The van der Waals surface area contributed by atoms with E-state index in [4.69, 9.17) is 0 Å². The van der Waals surface area contributed by atoms with Crippen LogP contribution < -0.4 is 0 Å². The molecule has 2 aromatic heterocycles. The van der Waals surface area contributed by atoms with Crippen LogP contribution in [0.4, 0.5) is 0 Å². The van der Waals surface area contributed by atoms with Gasteiger partial charge in [0.1, 0.15) is 11.3 Å². The third-order valence-electron chi connectivity index (χ3n) is 6.88. The molecule has 1 saturated heterocycles. The molecule has 3 heterocycles. The van der Waals surface area contributed by atoms with Crippen LogP contribution in [0.1, 0.15) is 61.3 Å². The van der Waals surface area contributed by atoms with Crippen LogP contribution in [0.5, 0.6) is 0 Å². The Labute approximate surface area is 213 Å². The monoisotopic (exact) mass is 488 g/mol. The van der Waals surface area contributed by atoms with Crippen LogP contribution in [-0.4, -0.2) is 63.2 Å². The van der Waals surface area contributed by atoms with Crippen LogP contribution in [0.25, 0.3) is 11.4 Å². The van der Waals surface area contributed by atoms with Gasteiger partial charge < -0.3 is 14.9 Å². The first-order valence-electron chi connectivity index (χ1n) is 12.4. The summed E-state index contributed by atoms with van der Waals surface area (Å²) in [5.41, 5.74) is 4.75. The van der Waals surface area contributed by atoms with Crippen molar-refractivity contribution in [1.82, 2.24) is 19.2 Å². The highest BCUT2D eigenvalue weighted by molar-refractivity contribution is 6.46. The van der Waals surface area contributed by atoms with Crippen LogP contribution in [0.3, 0.4) is 0 Å². The Balaban J connectivity index is 1.89. The molecule has 7 nitrogen and oxygen atoms in total. The third-order valence-corrected chi connectivity index (χ3v) is 6.88. The molecule has 190 valence electrons. The predicted molar refractivity (Wildman–Crippen MR) is 142 cm³/mol. The maximum Gasteiger partial charge on any atom is 0.295 e. The van der Waals surface area contributed by atoms with E-state index < -0.39 is 17.7 Å².